The summed E-state index contributed by atoms with van der Waals surface area (Å²) in [6.07, 6.45) is 0.761. The molecule has 0 saturated carbocycles. The van der Waals surface area contributed by atoms with E-state index in [9.17, 15) is 9.18 Å². The number of amides is 1. The monoisotopic (exact) mass is 325 g/mol. The first-order valence-corrected chi connectivity index (χ1v) is 7.26. The summed E-state index contributed by atoms with van der Waals surface area (Å²) in [7, 11) is 0. The lowest BCUT2D eigenvalue weighted by molar-refractivity contribution is -0.121. The smallest absolute Gasteiger partial charge is 0.220 e. The molecule has 0 radical (unpaired) electrons. The van der Waals surface area contributed by atoms with E-state index in [1.807, 2.05) is 6.07 Å². The molecule has 5 heteroatoms. The van der Waals surface area contributed by atoms with Gasteiger partial charge in [0.05, 0.1) is 10.0 Å². The Kier molecular flexibility index (Phi) is 5.59. The van der Waals surface area contributed by atoms with Gasteiger partial charge in [0, 0.05) is 18.5 Å². The van der Waals surface area contributed by atoms with E-state index in [0.717, 1.165) is 5.56 Å². The fourth-order valence-corrected chi connectivity index (χ4v) is 2.33. The second-order valence-corrected chi connectivity index (χ2v) is 5.37. The summed E-state index contributed by atoms with van der Waals surface area (Å²) < 4.78 is 13.4. The number of aryl methyl sites for hydroxylation is 1. The Labute approximate surface area is 132 Å². The van der Waals surface area contributed by atoms with Crippen molar-refractivity contribution in [3.8, 4) is 0 Å². The van der Waals surface area contributed by atoms with E-state index in [0.29, 0.717) is 22.0 Å². The third-order valence-electron chi connectivity index (χ3n) is 3.09. The number of halogens is 3. The minimum absolute atomic E-state index is 0.158. The van der Waals surface area contributed by atoms with Gasteiger partial charge in [-0.15, -0.1) is 0 Å². The van der Waals surface area contributed by atoms with Crippen LogP contribution in [0.2, 0.25) is 10.0 Å². The summed E-state index contributed by atoms with van der Waals surface area (Å²) in [5.41, 5.74) is 1.29. The number of carbonyl (C=O) groups excluding carboxylic acids is 1. The Morgan fingerprint density at radius 3 is 2.52 bits per heavy atom. The van der Waals surface area contributed by atoms with Gasteiger partial charge in [-0.05, 0) is 24.1 Å². The standard InChI is InChI=1S/C16H14Cl2FNO/c17-13-6-3-5-11(16(13)18)8-9-15(21)20-10-12-4-1-2-7-14(12)19/h1-7H,8-10H2,(H,20,21). The maximum atomic E-state index is 13.4. The maximum absolute atomic E-state index is 13.4. The molecule has 0 spiro atoms. The van der Waals surface area contributed by atoms with Gasteiger partial charge in [-0.3, -0.25) is 4.79 Å². The lowest BCUT2D eigenvalue weighted by Gasteiger charge is -2.08. The Bertz CT molecular complexity index is 646. The molecule has 2 rings (SSSR count). The number of hydrogen-bond acceptors (Lipinski definition) is 1. The van der Waals surface area contributed by atoms with E-state index in [1.54, 1.807) is 30.3 Å². The Hall–Kier alpha value is -1.58. The molecule has 0 fully saturated rings. The Balaban J connectivity index is 1.85. The zero-order chi connectivity index (χ0) is 15.2. The van der Waals surface area contributed by atoms with Crippen LogP contribution in [0.25, 0.3) is 0 Å². The van der Waals surface area contributed by atoms with Gasteiger partial charge in [0.1, 0.15) is 5.82 Å². The largest absolute Gasteiger partial charge is 0.352 e. The number of hydrogen-bond donors (Lipinski definition) is 1. The summed E-state index contributed by atoms with van der Waals surface area (Å²) in [6, 6.07) is 11.7. The number of nitrogens with one attached hydrogen (secondary N) is 1. The van der Waals surface area contributed by atoms with Crippen molar-refractivity contribution in [2.24, 2.45) is 0 Å². The minimum atomic E-state index is -0.323. The molecule has 110 valence electrons. The van der Waals surface area contributed by atoms with Crippen LogP contribution in [0, 0.1) is 5.82 Å². The van der Waals surface area contributed by atoms with Crippen molar-refractivity contribution < 1.29 is 9.18 Å². The second-order valence-electron chi connectivity index (χ2n) is 4.58. The summed E-state index contributed by atoms with van der Waals surface area (Å²) >= 11 is 12.0. The Morgan fingerprint density at radius 1 is 1.05 bits per heavy atom. The summed E-state index contributed by atoms with van der Waals surface area (Å²) in [6.45, 7) is 0.175. The molecule has 0 unspecified atom stereocenters. The highest BCUT2D eigenvalue weighted by Crippen LogP contribution is 2.26. The predicted octanol–water partition coefficient (Wildman–Crippen LogP) is 4.38. The molecule has 0 aliphatic rings. The van der Waals surface area contributed by atoms with Crippen LogP contribution < -0.4 is 5.32 Å². The number of carbonyl (C=O) groups is 1. The molecular formula is C16H14Cl2FNO. The van der Waals surface area contributed by atoms with Crippen LogP contribution >= 0.6 is 23.2 Å². The lowest BCUT2D eigenvalue weighted by atomic mass is 10.1. The van der Waals surface area contributed by atoms with E-state index in [4.69, 9.17) is 23.2 Å². The minimum Gasteiger partial charge on any atom is -0.352 e. The van der Waals surface area contributed by atoms with Crippen molar-refractivity contribution in [3.05, 3.63) is 69.5 Å². The molecule has 0 bridgehead atoms. The molecule has 21 heavy (non-hydrogen) atoms. The van der Waals surface area contributed by atoms with Crippen molar-refractivity contribution in [2.45, 2.75) is 19.4 Å². The second kappa shape index (κ2) is 7.43. The average molecular weight is 326 g/mol. The first-order valence-electron chi connectivity index (χ1n) is 6.51. The average Bonchev–Trinajstić information content (AvgIpc) is 2.48. The molecule has 0 saturated heterocycles. The molecular weight excluding hydrogens is 312 g/mol. The molecule has 1 N–H and O–H groups in total. The molecule has 1 amide bonds. The predicted molar refractivity (Wildman–Crippen MR) is 83.0 cm³/mol. The van der Waals surface area contributed by atoms with Crippen molar-refractivity contribution in [1.82, 2.24) is 5.32 Å². The van der Waals surface area contributed by atoms with Crippen molar-refractivity contribution >= 4 is 29.1 Å². The molecule has 2 aromatic rings. The lowest BCUT2D eigenvalue weighted by Crippen LogP contribution is -2.23. The van der Waals surface area contributed by atoms with Gasteiger partial charge in [0.15, 0.2) is 0 Å². The first-order chi connectivity index (χ1) is 10.1. The van der Waals surface area contributed by atoms with Crippen molar-refractivity contribution in [1.29, 1.82) is 0 Å². The van der Waals surface area contributed by atoms with Crippen LogP contribution in [-0.2, 0) is 17.8 Å². The molecule has 2 aromatic carbocycles. The van der Waals surface area contributed by atoms with Crippen LogP contribution in [-0.4, -0.2) is 5.91 Å². The SMILES string of the molecule is O=C(CCc1cccc(Cl)c1Cl)NCc1ccccc1F. The number of benzene rings is 2. The van der Waals surface area contributed by atoms with E-state index in [1.165, 1.54) is 6.07 Å². The fraction of sp³-hybridized carbons (Fsp3) is 0.188. The van der Waals surface area contributed by atoms with Gasteiger partial charge < -0.3 is 5.32 Å². The molecule has 0 atom stereocenters. The van der Waals surface area contributed by atoms with E-state index < -0.39 is 0 Å². The third kappa shape index (κ3) is 4.45. The van der Waals surface area contributed by atoms with Crippen LogP contribution in [0.4, 0.5) is 4.39 Å². The van der Waals surface area contributed by atoms with Gasteiger partial charge in [-0.2, -0.15) is 0 Å². The van der Waals surface area contributed by atoms with Gasteiger partial charge in [-0.25, -0.2) is 4.39 Å². The molecule has 0 heterocycles. The molecule has 0 aliphatic heterocycles. The normalized spacial score (nSPS) is 10.4. The van der Waals surface area contributed by atoms with Gasteiger partial charge in [-0.1, -0.05) is 53.5 Å². The van der Waals surface area contributed by atoms with E-state index in [-0.39, 0.29) is 24.7 Å². The van der Waals surface area contributed by atoms with Gasteiger partial charge in [0.25, 0.3) is 0 Å². The fourth-order valence-electron chi connectivity index (χ4n) is 1.91. The summed E-state index contributed by atoms with van der Waals surface area (Å²) in [5, 5.41) is 3.64. The maximum Gasteiger partial charge on any atom is 0.220 e. The van der Waals surface area contributed by atoms with Crippen LogP contribution in [0.5, 0.6) is 0 Å². The topological polar surface area (TPSA) is 29.1 Å². The van der Waals surface area contributed by atoms with Gasteiger partial charge >= 0.3 is 0 Å². The van der Waals surface area contributed by atoms with E-state index in [2.05, 4.69) is 5.32 Å². The third-order valence-corrected chi connectivity index (χ3v) is 3.94. The zero-order valence-corrected chi connectivity index (χ0v) is 12.7. The highest BCUT2D eigenvalue weighted by atomic mass is 35.5. The van der Waals surface area contributed by atoms with Crippen LogP contribution in [0.1, 0.15) is 17.5 Å². The number of rotatable bonds is 5. The van der Waals surface area contributed by atoms with Crippen molar-refractivity contribution in [3.63, 3.8) is 0 Å². The van der Waals surface area contributed by atoms with Crippen LogP contribution in [0.15, 0.2) is 42.5 Å². The van der Waals surface area contributed by atoms with Crippen molar-refractivity contribution in [2.75, 3.05) is 0 Å². The Morgan fingerprint density at radius 2 is 1.76 bits per heavy atom. The van der Waals surface area contributed by atoms with Gasteiger partial charge in [0.2, 0.25) is 5.91 Å². The first kappa shape index (κ1) is 15.8. The molecule has 0 aromatic heterocycles. The van der Waals surface area contributed by atoms with E-state index >= 15 is 0 Å². The highest BCUT2D eigenvalue weighted by molar-refractivity contribution is 6.42. The summed E-state index contributed by atoms with van der Waals surface area (Å²) in [5.74, 6) is -0.481. The molecule has 0 aliphatic carbocycles. The quantitative estimate of drug-likeness (QED) is 0.868. The summed E-state index contributed by atoms with van der Waals surface area (Å²) in [4.78, 5) is 11.8. The van der Waals surface area contributed by atoms with Crippen LogP contribution in [0.3, 0.4) is 0 Å². The zero-order valence-electron chi connectivity index (χ0n) is 11.2. The highest BCUT2D eigenvalue weighted by Gasteiger charge is 2.08. The molecule has 2 nitrogen and oxygen atoms in total.